The number of benzene rings is 1. The van der Waals surface area contributed by atoms with Gasteiger partial charge in [-0.25, -0.2) is 9.87 Å². The monoisotopic (exact) mass is 346 g/mol. The van der Waals surface area contributed by atoms with E-state index < -0.39 is 5.91 Å². The fraction of sp³-hybridized carbons (Fsp3) is 0.650. The van der Waals surface area contributed by atoms with Crippen LogP contribution in [0.5, 0.6) is 0 Å². The third-order valence-corrected chi connectivity index (χ3v) is 6.88. The van der Waals surface area contributed by atoms with E-state index in [1.807, 2.05) is 0 Å². The van der Waals surface area contributed by atoms with Crippen molar-refractivity contribution in [3.05, 3.63) is 34.6 Å². The van der Waals surface area contributed by atoms with E-state index in [0.717, 1.165) is 24.1 Å². The Bertz CT molecular complexity index is 660. The summed E-state index contributed by atoms with van der Waals surface area (Å²) >= 11 is 0. The highest BCUT2D eigenvalue weighted by Crippen LogP contribution is 2.49. The highest BCUT2D eigenvalue weighted by Gasteiger charge is 2.39. The molecule has 2 aliphatic carbocycles. The maximum atomic E-state index is 14.5. The lowest BCUT2D eigenvalue weighted by Gasteiger charge is -2.43. The highest BCUT2D eigenvalue weighted by atomic mass is 19.1. The zero-order valence-corrected chi connectivity index (χ0v) is 14.7. The summed E-state index contributed by atoms with van der Waals surface area (Å²) in [6.07, 6.45) is 11.5. The number of fused-ring (bicyclic) bond motifs is 1. The summed E-state index contributed by atoms with van der Waals surface area (Å²) in [5.74, 6) is -0.984. The van der Waals surface area contributed by atoms with Crippen LogP contribution in [-0.4, -0.2) is 28.6 Å². The van der Waals surface area contributed by atoms with Gasteiger partial charge in [0.1, 0.15) is 5.82 Å². The Kier molecular flexibility index (Phi) is 4.54. The summed E-state index contributed by atoms with van der Waals surface area (Å²) in [4.78, 5) is 14.0. The first-order chi connectivity index (χ1) is 12.1. The molecule has 5 heteroatoms. The molecule has 1 aliphatic heterocycles. The number of nitrogens with zero attached hydrogens (tertiary/aromatic N) is 1. The number of hydrogen-bond donors (Lipinski definition) is 2. The van der Waals surface area contributed by atoms with Gasteiger partial charge in [-0.3, -0.25) is 14.9 Å². The molecule has 0 radical (unpaired) electrons. The Morgan fingerprint density at radius 2 is 1.92 bits per heavy atom. The largest absolute Gasteiger partial charge is 0.296 e. The van der Waals surface area contributed by atoms with Crippen molar-refractivity contribution >= 4 is 5.91 Å². The number of rotatable bonds is 2. The summed E-state index contributed by atoms with van der Waals surface area (Å²) in [7, 11) is 0. The molecule has 3 aliphatic rings. The maximum absolute atomic E-state index is 14.5. The molecular weight excluding hydrogens is 319 g/mol. The van der Waals surface area contributed by atoms with E-state index in [0.29, 0.717) is 18.0 Å². The van der Waals surface area contributed by atoms with Crippen molar-refractivity contribution in [2.45, 2.75) is 70.4 Å². The van der Waals surface area contributed by atoms with Gasteiger partial charge in [-0.2, -0.15) is 0 Å². The quantitative estimate of drug-likeness (QED) is 0.632. The average Bonchev–Trinajstić information content (AvgIpc) is 3.09. The molecule has 4 nitrogen and oxygen atoms in total. The Balaban J connectivity index is 1.45. The summed E-state index contributed by atoms with van der Waals surface area (Å²) < 4.78 is 14.5. The van der Waals surface area contributed by atoms with E-state index in [-0.39, 0.29) is 11.4 Å². The SMILES string of the molecule is O=C(NO)c1cc(F)c2c(c1)CCN(C1CCC3(CCCC3)CC1)C2. The summed E-state index contributed by atoms with van der Waals surface area (Å²) in [6, 6.07) is 3.53. The van der Waals surface area contributed by atoms with Crippen LogP contribution in [0, 0.1) is 11.2 Å². The van der Waals surface area contributed by atoms with Gasteiger partial charge in [-0.15, -0.1) is 0 Å². The molecule has 1 heterocycles. The van der Waals surface area contributed by atoms with Crippen molar-refractivity contribution < 1.29 is 14.4 Å². The molecule has 0 aromatic heterocycles. The lowest BCUT2D eigenvalue weighted by molar-refractivity contribution is 0.0704. The Labute approximate surface area is 148 Å². The zero-order chi connectivity index (χ0) is 17.4. The number of carbonyl (C=O) groups is 1. The van der Waals surface area contributed by atoms with Gasteiger partial charge in [-0.1, -0.05) is 12.8 Å². The normalized spacial score (nSPS) is 23.6. The number of nitrogens with one attached hydrogen (secondary N) is 1. The highest BCUT2D eigenvalue weighted by molar-refractivity contribution is 5.93. The minimum atomic E-state index is -0.654. The van der Waals surface area contributed by atoms with Gasteiger partial charge >= 0.3 is 0 Å². The topological polar surface area (TPSA) is 52.6 Å². The van der Waals surface area contributed by atoms with Crippen molar-refractivity contribution in [2.75, 3.05) is 6.54 Å². The third-order valence-electron chi connectivity index (χ3n) is 6.88. The average molecular weight is 346 g/mol. The lowest BCUT2D eigenvalue weighted by atomic mass is 9.71. The number of carbonyl (C=O) groups excluding carboxylic acids is 1. The van der Waals surface area contributed by atoms with Crippen molar-refractivity contribution in [3.8, 4) is 0 Å². The van der Waals surface area contributed by atoms with Crippen LogP contribution in [0.1, 0.15) is 72.9 Å². The molecule has 0 saturated heterocycles. The molecule has 2 saturated carbocycles. The molecule has 0 unspecified atom stereocenters. The second-order valence-corrected chi connectivity index (χ2v) is 8.20. The van der Waals surface area contributed by atoms with Crippen LogP contribution in [0.3, 0.4) is 0 Å². The van der Waals surface area contributed by atoms with Gasteiger partial charge < -0.3 is 0 Å². The lowest BCUT2D eigenvalue weighted by Crippen LogP contribution is -2.43. The van der Waals surface area contributed by atoms with Crippen molar-refractivity contribution in [2.24, 2.45) is 5.41 Å². The number of hydroxylamine groups is 1. The van der Waals surface area contributed by atoms with Crippen molar-refractivity contribution in [3.63, 3.8) is 0 Å². The van der Waals surface area contributed by atoms with E-state index >= 15 is 0 Å². The van der Waals surface area contributed by atoms with Crippen LogP contribution in [0.25, 0.3) is 0 Å². The van der Waals surface area contributed by atoms with Crippen molar-refractivity contribution in [1.82, 2.24) is 10.4 Å². The number of halogens is 1. The minimum Gasteiger partial charge on any atom is -0.296 e. The van der Waals surface area contributed by atoms with Crippen LogP contribution >= 0.6 is 0 Å². The number of amides is 1. The van der Waals surface area contributed by atoms with E-state index in [4.69, 9.17) is 5.21 Å². The molecular formula is C20H27FN2O2. The second-order valence-electron chi connectivity index (χ2n) is 8.20. The molecule has 1 aromatic rings. The predicted molar refractivity (Wildman–Crippen MR) is 92.9 cm³/mol. The van der Waals surface area contributed by atoms with E-state index in [1.54, 1.807) is 11.5 Å². The Morgan fingerprint density at radius 3 is 2.60 bits per heavy atom. The van der Waals surface area contributed by atoms with E-state index in [2.05, 4.69) is 4.90 Å². The maximum Gasteiger partial charge on any atom is 0.274 e. The van der Waals surface area contributed by atoms with E-state index in [9.17, 15) is 9.18 Å². The smallest absolute Gasteiger partial charge is 0.274 e. The zero-order valence-electron chi connectivity index (χ0n) is 14.7. The van der Waals surface area contributed by atoms with Gasteiger partial charge in [0.25, 0.3) is 5.91 Å². The van der Waals surface area contributed by atoms with Gasteiger partial charge in [0.2, 0.25) is 0 Å². The molecule has 25 heavy (non-hydrogen) atoms. The fourth-order valence-electron chi connectivity index (χ4n) is 5.35. The van der Waals surface area contributed by atoms with Crippen LogP contribution in [0.4, 0.5) is 4.39 Å². The molecule has 2 fully saturated rings. The van der Waals surface area contributed by atoms with Crippen molar-refractivity contribution in [1.29, 1.82) is 0 Å². The molecule has 136 valence electrons. The summed E-state index contributed by atoms with van der Waals surface area (Å²) in [5.41, 5.74) is 4.02. The number of hydrogen-bond acceptors (Lipinski definition) is 3. The first-order valence-electron chi connectivity index (χ1n) is 9.60. The summed E-state index contributed by atoms with van der Waals surface area (Å²) in [6.45, 7) is 1.56. The van der Waals surface area contributed by atoms with Crippen LogP contribution in [0.15, 0.2) is 12.1 Å². The van der Waals surface area contributed by atoms with Gasteiger partial charge in [-0.05, 0) is 68.1 Å². The van der Waals surface area contributed by atoms with Gasteiger partial charge in [0.15, 0.2) is 0 Å². The standard InChI is InChI=1S/C20H27FN2O2/c21-18-12-15(19(24)22-25)11-14-5-10-23(13-17(14)18)16-3-8-20(9-4-16)6-1-2-7-20/h11-12,16,25H,1-10,13H2,(H,22,24). The van der Waals surface area contributed by atoms with Crippen LogP contribution in [-0.2, 0) is 13.0 Å². The first-order valence-corrected chi connectivity index (χ1v) is 9.60. The van der Waals surface area contributed by atoms with E-state index in [1.165, 1.54) is 57.4 Å². The molecule has 4 rings (SSSR count). The first kappa shape index (κ1) is 17.0. The fourth-order valence-corrected chi connectivity index (χ4v) is 5.35. The summed E-state index contributed by atoms with van der Waals surface area (Å²) in [5, 5.41) is 8.75. The third kappa shape index (κ3) is 3.20. The molecule has 0 bridgehead atoms. The Hall–Kier alpha value is -1.46. The van der Waals surface area contributed by atoms with Crippen LogP contribution in [0.2, 0.25) is 0 Å². The minimum absolute atomic E-state index is 0.188. The molecule has 1 spiro atoms. The molecule has 2 N–H and O–H groups in total. The van der Waals surface area contributed by atoms with Crippen LogP contribution < -0.4 is 5.48 Å². The van der Waals surface area contributed by atoms with Gasteiger partial charge in [0, 0.05) is 30.3 Å². The Morgan fingerprint density at radius 1 is 1.20 bits per heavy atom. The molecule has 1 aromatic carbocycles. The predicted octanol–water partition coefficient (Wildman–Crippen LogP) is 3.81. The molecule has 0 atom stereocenters. The van der Waals surface area contributed by atoms with Gasteiger partial charge in [0.05, 0.1) is 0 Å². The molecule has 1 amide bonds. The second kappa shape index (κ2) is 6.69.